The monoisotopic (exact) mass is 434 g/mol. The molecular weight excluding hydrogens is 400 g/mol. The Balaban J connectivity index is 0.000000534. The lowest BCUT2D eigenvalue weighted by atomic mass is 9.98. The molecule has 3 aromatic rings. The van der Waals surface area contributed by atoms with Crippen LogP contribution in [0.4, 0.5) is 5.69 Å². The third-order valence-electron chi connectivity index (χ3n) is 5.05. The number of hydrogen-bond acceptors (Lipinski definition) is 5. The van der Waals surface area contributed by atoms with Gasteiger partial charge in [0.2, 0.25) is 0 Å². The van der Waals surface area contributed by atoms with E-state index in [1.54, 1.807) is 0 Å². The van der Waals surface area contributed by atoms with Crippen LogP contribution in [-0.2, 0) is 11.2 Å². The highest BCUT2D eigenvalue weighted by atomic mass is 16.5. The Hall–Kier alpha value is -3.15. The zero-order chi connectivity index (χ0) is 23.3. The number of aliphatic hydroxyl groups excluding tert-OH is 1. The lowest BCUT2D eigenvalue weighted by molar-refractivity contribution is -0.109. The molecule has 0 saturated heterocycles. The first kappa shape index (κ1) is 25.1. The van der Waals surface area contributed by atoms with Crippen LogP contribution in [-0.4, -0.2) is 37.7 Å². The molecule has 5 heteroatoms. The highest BCUT2D eigenvalue weighted by Gasteiger charge is 2.02. The van der Waals surface area contributed by atoms with E-state index in [0.29, 0.717) is 18.8 Å². The molecule has 3 rings (SSSR count). The van der Waals surface area contributed by atoms with Crippen molar-refractivity contribution in [3.63, 3.8) is 0 Å². The van der Waals surface area contributed by atoms with E-state index >= 15 is 0 Å². The third kappa shape index (κ3) is 8.17. The molecule has 4 N–H and O–H groups in total. The van der Waals surface area contributed by atoms with Crippen LogP contribution >= 0.6 is 0 Å². The molecule has 0 aliphatic heterocycles. The first-order valence-electron chi connectivity index (χ1n) is 10.9. The van der Waals surface area contributed by atoms with Crippen molar-refractivity contribution in [1.82, 2.24) is 0 Å². The maximum Gasteiger partial charge on any atom is 0.139 e. The number of aldehydes is 1. The molecule has 0 spiro atoms. The normalized spacial score (nSPS) is 11.3. The summed E-state index contributed by atoms with van der Waals surface area (Å²) in [6.07, 6.45) is 1.40. The number of carbonyl (C=O) groups is 1. The van der Waals surface area contributed by atoms with Crippen molar-refractivity contribution in [2.75, 3.05) is 25.6 Å². The quantitative estimate of drug-likeness (QED) is 0.427. The van der Waals surface area contributed by atoms with Crippen LogP contribution in [0.3, 0.4) is 0 Å². The molecule has 0 aromatic heterocycles. The smallest absolute Gasteiger partial charge is 0.139 e. The molecule has 0 radical (unpaired) electrons. The van der Waals surface area contributed by atoms with E-state index in [0.717, 1.165) is 17.9 Å². The van der Waals surface area contributed by atoms with Crippen molar-refractivity contribution >= 4 is 12.0 Å². The van der Waals surface area contributed by atoms with Gasteiger partial charge in [0.25, 0.3) is 0 Å². The lowest BCUT2D eigenvalue weighted by Crippen LogP contribution is -2.25. The van der Waals surface area contributed by atoms with Crippen LogP contribution in [0.25, 0.3) is 11.1 Å². The first-order valence-corrected chi connectivity index (χ1v) is 10.9. The van der Waals surface area contributed by atoms with Gasteiger partial charge in [-0.05, 0) is 52.4 Å². The van der Waals surface area contributed by atoms with Crippen LogP contribution in [0, 0.1) is 0 Å². The summed E-state index contributed by atoms with van der Waals surface area (Å²) in [6, 6.07) is 25.0. The van der Waals surface area contributed by atoms with Gasteiger partial charge in [-0.2, -0.15) is 0 Å². The molecule has 0 saturated carbocycles. The minimum Gasteiger partial charge on any atom is -0.493 e. The van der Waals surface area contributed by atoms with Crippen LogP contribution in [0.1, 0.15) is 30.9 Å². The standard InChI is InChI=1S/C24H27NO.C3H7NO2/c1-18(2)20-8-10-22(11-9-20)21-6-4-19(5-7-21)16-17-26-24-14-12-23(25-3)13-15-24;4-3(1-5)2-6/h4-15,18,25H,16-17H2,1-3H3;1,3,6H,2,4H2. The number of aliphatic hydroxyl groups is 1. The molecule has 0 heterocycles. The van der Waals surface area contributed by atoms with Gasteiger partial charge in [-0.15, -0.1) is 0 Å². The Morgan fingerprint density at radius 3 is 1.94 bits per heavy atom. The predicted molar refractivity (Wildman–Crippen MR) is 132 cm³/mol. The SMILES string of the molecule is CNc1ccc(OCCc2ccc(-c3ccc(C(C)C)cc3)cc2)cc1.NC(C=O)CO. The summed E-state index contributed by atoms with van der Waals surface area (Å²) in [5, 5.41) is 11.1. The molecule has 0 amide bonds. The summed E-state index contributed by atoms with van der Waals surface area (Å²) >= 11 is 0. The number of anilines is 1. The van der Waals surface area contributed by atoms with Crippen LogP contribution in [0.15, 0.2) is 72.8 Å². The Kier molecular flexibility index (Phi) is 10.4. The second-order valence-corrected chi connectivity index (χ2v) is 7.83. The van der Waals surface area contributed by atoms with E-state index in [9.17, 15) is 4.79 Å². The van der Waals surface area contributed by atoms with Gasteiger partial charge in [0, 0.05) is 19.2 Å². The van der Waals surface area contributed by atoms with Gasteiger partial charge in [-0.3, -0.25) is 0 Å². The van der Waals surface area contributed by atoms with Crippen molar-refractivity contribution in [2.24, 2.45) is 5.73 Å². The number of benzene rings is 3. The number of ether oxygens (including phenoxy) is 1. The Labute approximate surface area is 191 Å². The number of hydrogen-bond donors (Lipinski definition) is 3. The maximum atomic E-state index is 9.45. The molecule has 5 nitrogen and oxygen atoms in total. The average molecular weight is 435 g/mol. The van der Waals surface area contributed by atoms with E-state index in [1.165, 1.54) is 22.3 Å². The van der Waals surface area contributed by atoms with Gasteiger partial charge in [-0.25, -0.2) is 0 Å². The topological polar surface area (TPSA) is 84.6 Å². The summed E-state index contributed by atoms with van der Waals surface area (Å²) in [6.45, 7) is 4.87. The van der Waals surface area contributed by atoms with Gasteiger partial charge in [-0.1, -0.05) is 62.4 Å². The number of nitrogens with two attached hydrogens (primary N) is 1. The van der Waals surface area contributed by atoms with Crippen molar-refractivity contribution in [1.29, 1.82) is 0 Å². The number of carbonyl (C=O) groups excluding carboxylic acids is 1. The fourth-order valence-corrected chi connectivity index (χ4v) is 2.97. The number of rotatable bonds is 9. The van der Waals surface area contributed by atoms with Crippen molar-refractivity contribution in [3.8, 4) is 16.9 Å². The van der Waals surface area contributed by atoms with E-state index in [-0.39, 0.29) is 6.61 Å². The lowest BCUT2D eigenvalue weighted by Gasteiger charge is -2.09. The van der Waals surface area contributed by atoms with E-state index in [1.807, 2.05) is 31.3 Å². The van der Waals surface area contributed by atoms with Crippen molar-refractivity contribution in [2.45, 2.75) is 32.2 Å². The molecule has 3 aromatic carbocycles. The van der Waals surface area contributed by atoms with Crippen molar-refractivity contribution < 1.29 is 14.6 Å². The molecule has 170 valence electrons. The number of nitrogens with one attached hydrogen (secondary N) is 1. The maximum absolute atomic E-state index is 9.45. The fraction of sp³-hybridized carbons (Fsp3) is 0.296. The largest absolute Gasteiger partial charge is 0.493 e. The minimum atomic E-state index is -0.690. The predicted octanol–water partition coefficient (Wildman–Crippen LogP) is 4.65. The van der Waals surface area contributed by atoms with Gasteiger partial charge >= 0.3 is 0 Å². The minimum absolute atomic E-state index is 0.260. The average Bonchev–Trinajstić information content (AvgIpc) is 2.85. The van der Waals surface area contributed by atoms with E-state index < -0.39 is 6.04 Å². The van der Waals surface area contributed by atoms with Gasteiger partial charge in [0.1, 0.15) is 12.0 Å². The summed E-state index contributed by atoms with van der Waals surface area (Å²) < 4.78 is 5.83. The van der Waals surface area contributed by atoms with E-state index in [4.69, 9.17) is 15.6 Å². The van der Waals surface area contributed by atoms with E-state index in [2.05, 4.69) is 67.7 Å². The summed E-state index contributed by atoms with van der Waals surface area (Å²) in [5.41, 5.74) is 11.1. The van der Waals surface area contributed by atoms with Gasteiger partial charge in [0.15, 0.2) is 0 Å². The van der Waals surface area contributed by atoms with Gasteiger partial charge in [0.05, 0.1) is 19.3 Å². The molecule has 0 aliphatic rings. The third-order valence-corrected chi connectivity index (χ3v) is 5.05. The molecule has 0 fully saturated rings. The zero-order valence-corrected chi connectivity index (χ0v) is 19.1. The molecule has 1 atom stereocenters. The van der Waals surface area contributed by atoms with Crippen LogP contribution < -0.4 is 15.8 Å². The Morgan fingerprint density at radius 1 is 0.938 bits per heavy atom. The van der Waals surface area contributed by atoms with Crippen molar-refractivity contribution in [3.05, 3.63) is 83.9 Å². The molecule has 0 aliphatic carbocycles. The first-order chi connectivity index (χ1) is 15.5. The zero-order valence-electron chi connectivity index (χ0n) is 19.1. The molecule has 1 unspecified atom stereocenters. The second kappa shape index (κ2) is 13.3. The molecule has 32 heavy (non-hydrogen) atoms. The molecule has 0 bridgehead atoms. The second-order valence-electron chi connectivity index (χ2n) is 7.83. The highest BCUT2D eigenvalue weighted by Crippen LogP contribution is 2.23. The highest BCUT2D eigenvalue weighted by molar-refractivity contribution is 5.64. The Morgan fingerprint density at radius 2 is 1.50 bits per heavy atom. The van der Waals surface area contributed by atoms with Crippen LogP contribution in [0.2, 0.25) is 0 Å². The van der Waals surface area contributed by atoms with Crippen LogP contribution in [0.5, 0.6) is 5.75 Å². The summed E-state index contributed by atoms with van der Waals surface area (Å²) in [4.78, 5) is 9.45. The Bertz CT molecular complexity index is 921. The molecular formula is C27H34N2O3. The summed E-state index contributed by atoms with van der Waals surface area (Å²) in [7, 11) is 1.91. The summed E-state index contributed by atoms with van der Waals surface area (Å²) in [5.74, 6) is 1.48. The fourth-order valence-electron chi connectivity index (χ4n) is 2.97. The van der Waals surface area contributed by atoms with Gasteiger partial charge < -0.3 is 25.7 Å².